The molecule has 2 aromatic carbocycles. The van der Waals surface area contributed by atoms with Crippen molar-refractivity contribution < 1.29 is 27.9 Å². The summed E-state index contributed by atoms with van der Waals surface area (Å²) in [4.78, 5) is 57.6. The lowest BCUT2D eigenvalue weighted by Crippen LogP contribution is -2.48. The summed E-state index contributed by atoms with van der Waals surface area (Å²) in [7, 11) is 3.18. The predicted octanol–water partition coefficient (Wildman–Crippen LogP) is 4.10. The smallest absolute Gasteiger partial charge is 0.259 e. The van der Waals surface area contributed by atoms with Gasteiger partial charge in [0.25, 0.3) is 5.56 Å². The number of ether oxygens (including phenoxy) is 1. The molecule has 278 valence electrons. The number of benzene rings is 2. The van der Waals surface area contributed by atoms with Crippen molar-refractivity contribution in [1.29, 1.82) is 0 Å². The predicted molar refractivity (Wildman–Crippen MR) is 197 cm³/mol. The van der Waals surface area contributed by atoms with Crippen LogP contribution in [0.4, 0.5) is 20.2 Å². The molecule has 3 fully saturated rings. The standard InChI is InChI=1S/C39H43F2N7O5/c1-46-21-29(27-7-12-42-20-28(27)39(46)52)24-17-31(40)30(35(18-24)53-2)22-47-13-10-25(11-14-47)44-37(50)23-8-15-48(16-9-23)34-5-3-26(19-32(34)41)43-33-4-6-36(49)45-38(33)51/h3,5,7,12,17-21,23,25,33,43H,4,6,8-11,13-16,22H2,1-2H3,(H,44,50)(H,45,49,51). The number of hydrogen-bond donors (Lipinski definition) is 3. The van der Waals surface area contributed by atoms with Gasteiger partial charge < -0.3 is 24.8 Å². The molecular weight excluding hydrogens is 684 g/mol. The van der Waals surface area contributed by atoms with Crippen molar-refractivity contribution in [3.8, 4) is 16.9 Å². The van der Waals surface area contributed by atoms with Crippen molar-refractivity contribution in [3.63, 3.8) is 0 Å². The molecule has 12 nitrogen and oxygen atoms in total. The van der Waals surface area contributed by atoms with Crippen LogP contribution >= 0.6 is 0 Å². The maximum absolute atomic E-state index is 15.8. The molecular formula is C39H43F2N7O5. The molecule has 0 radical (unpaired) electrons. The number of amides is 3. The van der Waals surface area contributed by atoms with Crippen LogP contribution < -0.4 is 31.1 Å². The number of fused-ring (bicyclic) bond motifs is 1. The molecule has 3 aliphatic heterocycles. The van der Waals surface area contributed by atoms with Gasteiger partial charge in [-0.2, -0.15) is 0 Å². The van der Waals surface area contributed by atoms with Gasteiger partial charge in [0, 0.05) is 93.6 Å². The van der Waals surface area contributed by atoms with Crippen molar-refractivity contribution >= 4 is 39.9 Å². The Balaban J connectivity index is 0.903. The van der Waals surface area contributed by atoms with Crippen LogP contribution in [0.25, 0.3) is 21.9 Å². The third-order valence-electron chi connectivity index (χ3n) is 10.7. The SMILES string of the molecule is COc1cc(-c2cn(C)c(=O)c3cnccc23)cc(F)c1CN1CCC(NC(=O)C2CCN(c3ccc(NC4CCC(=O)NC4=O)cc3F)CC2)CC1. The lowest BCUT2D eigenvalue weighted by Gasteiger charge is -2.36. The van der Waals surface area contributed by atoms with E-state index in [-0.39, 0.29) is 35.8 Å². The monoisotopic (exact) mass is 727 g/mol. The number of methoxy groups -OCH3 is 1. The minimum Gasteiger partial charge on any atom is -0.496 e. The number of likely N-dealkylation sites (tertiary alicyclic amines) is 1. The van der Waals surface area contributed by atoms with E-state index in [0.29, 0.717) is 96.6 Å². The number of carbonyl (C=O) groups is 3. The highest BCUT2D eigenvalue weighted by Gasteiger charge is 2.30. The van der Waals surface area contributed by atoms with E-state index >= 15 is 8.78 Å². The molecule has 2 aromatic heterocycles. The fraction of sp³-hybridized carbons (Fsp3) is 0.410. The van der Waals surface area contributed by atoms with E-state index in [2.05, 4.69) is 25.8 Å². The first-order chi connectivity index (χ1) is 25.6. The largest absolute Gasteiger partial charge is 0.496 e. The van der Waals surface area contributed by atoms with Crippen LogP contribution in [0, 0.1) is 17.6 Å². The Morgan fingerprint density at radius 3 is 2.45 bits per heavy atom. The minimum absolute atomic E-state index is 0.0115. The molecule has 1 atom stereocenters. The van der Waals surface area contributed by atoms with E-state index in [1.54, 1.807) is 43.7 Å². The topological polar surface area (TPSA) is 138 Å². The number of aromatic nitrogens is 2. The Morgan fingerprint density at radius 2 is 1.74 bits per heavy atom. The van der Waals surface area contributed by atoms with Crippen LogP contribution in [0.2, 0.25) is 0 Å². The number of anilines is 2. The lowest BCUT2D eigenvalue weighted by atomic mass is 9.94. The van der Waals surface area contributed by atoms with Crippen LogP contribution in [0.5, 0.6) is 5.75 Å². The number of hydrogen-bond acceptors (Lipinski definition) is 9. The van der Waals surface area contributed by atoms with E-state index in [9.17, 15) is 19.2 Å². The van der Waals surface area contributed by atoms with Crippen LogP contribution in [-0.4, -0.2) is 77.5 Å². The summed E-state index contributed by atoms with van der Waals surface area (Å²) in [6, 6.07) is 9.24. The van der Waals surface area contributed by atoms with Gasteiger partial charge in [-0.05, 0) is 79.5 Å². The van der Waals surface area contributed by atoms with Crippen LogP contribution in [0.1, 0.15) is 44.1 Å². The number of nitrogens with one attached hydrogen (secondary N) is 3. The number of halogens is 2. The molecule has 0 spiro atoms. The zero-order valence-electron chi connectivity index (χ0n) is 29.8. The summed E-state index contributed by atoms with van der Waals surface area (Å²) in [5.74, 6) is -1.26. The van der Waals surface area contributed by atoms with Crippen molar-refractivity contribution in [2.24, 2.45) is 13.0 Å². The molecule has 3 saturated heterocycles. The Morgan fingerprint density at radius 1 is 0.962 bits per heavy atom. The highest BCUT2D eigenvalue weighted by molar-refractivity contribution is 6.01. The number of piperidine rings is 3. The second-order valence-electron chi connectivity index (χ2n) is 14.2. The molecule has 5 heterocycles. The first-order valence-electron chi connectivity index (χ1n) is 18.1. The maximum atomic E-state index is 15.8. The van der Waals surface area contributed by atoms with Gasteiger partial charge in [-0.25, -0.2) is 8.78 Å². The normalized spacial score (nSPS) is 18.9. The van der Waals surface area contributed by atoms with Crippen LogP contribution in [0.3, 0.4) is 0 Å². The van der Waals surface area contributed by atoms with E-state index in [1.807, 2.05) is 4.90 Å². The van der Waals surface area contributed by atoms with Gasteiger partial charge in [0.05, 0.1) is 18.2 Å². The summed E-state index contributed by atoms with van der Waals surface area (Å²) in [6.45, 7) is 2.79. The Hall–Kier alpha value is -5.37. The molecule has 0 bridgehead atoms. The van der Waals surface area contributed by atoms with Gasteiger partial charge in [-0.3, -0.25) is 34.4 Å². The number of carbonyl (C=O) groups excluding carboxylic acids is 3. The fourth-order valence-corrected chi connectivity index (χ4v) is 7.69. The highest BCUT2D eigenvalue weighted by Crippen LogP contribution is 2.34. The fourth-order valence-electron chi connectivity index (χ4n) is 7.69. The zero-order valence-corrected chi connectivity index (χ0v) is 29.8. The van der Waals surface area contributed by atoms with Gasteiger partial charge in [0.2, 0.25) is 17.7 Å². The molecule has 0 aliphatic carbocycles. The highest BCUT2D eigenvalue weighted by atomic mass is 19.1. The van der Waals surface area contributed by atoms with Crippen LogP contribution in [-0.2, 0) is 28.0 Å². The molecule has 3 amide bonds. The van der Waals surface area contributed by atoms with Crippen molar-refractivity contribution in [2.75, 3.05) is 43.5 Å². The summed E-state index contributed by atoms with van der Waals surface area (Å²) in [5, 5.41) is 9.67. The summed E-state index contributed by atoms with van der Waals surface area (Å²) >= 11 is 0. The van der Waals surface area contributed by atoms with Crippen LogP contribution in [0.15, 0.2) is 59.8 Å². The van der Waals surface area contributed by atoms with E-state index in [4.69, 9.17) is 4.74 Å². The summed E-state index contributed by atoms with van der Waals surface area (Å²) < 4.78 is 38.1. The third kappa shape index (κ3) is 7.73. The van der Waals surface area contributed by atoms with E-state index in [1.165, 1.54) is 30.0 Å². The molecule has 14 heteroatoms. The quantitative estimate of drug-likeness (QED) is 0.218. The minimum atomic E-state index is -0.594. The molecule has 3 N–H and O–H groups in total. The van der Waals surface area contributed by atoms with Gasteiger partial charge in [0.1, 0.15) is 23.4 Å². The second-order valence-corrected chi connectivity index (χ2v) is 14.2. The van der Waals surface area contributed by atoms with Gasteiger partial charge in [-0.1, -0.05) is 0 Å². The first-order valence-corrected chi connectivity index (χ1v) is 18.1. The average molecular weight is 728 g/mol. The number of pyridine rings is 2. The van der Waals surface area contributed by atoms with Crippen molar-refractivity contribution in [2.45, 2.75) is 57.2 Å². The van der Waals surface area contributed by atoms with Gasteiger partial charge in [0.15, 0.2) is 0 Å². The number of aryl methyl sites for hydroxylation is 1. The van der Waals surface area contributed by atoms with Crippen molar-refractivity contribution in [1.82, 2.24) is 25.1 Å². The Bertz CT molecular complexity index is 2110. The van der Waals surface area contributed by atoms with Crippen molar-refractivity contribution in [3.05, 3.63) is 82.5 Å². The number of rotatable bonds is 9. The average Bonchev–Trinajstić information content (AvgIpc) is 3.16. The maximum Gasteiger partial charge on any atom is 0.259 e. The second kappa shape index (κ2) is 15.3. The molecule has 0 saturated carbocycles. The molecule has 7 rings (SSSR count). The summed E-state index contributed by atoms with van der Waals surface area (Å²) in [6.07, 6.45) is 8.08. The van der Waals surface area contributed by atoms with Gasteiger partial charge in [-0.15, -0.1) is 0 Å². The Labute approximate surface area is 305 Å². The third-order valence-corrected chi connectivity index (χ3v) is 10.7. The molecule has 53 heavy (non-hydrogen) atoms. The molecule has 3 aliphatic rings. The van der Waals surface area contributed by atoms with Gasteiger partial charge >= 0.3 is 0 Å². The van der Waals surface area contributed by atoms with E-state index < -0.39 is 23.6 Å². The molecule has 4 aromatic rings. The first kappa shape index (κ1) is 36.0. The zero-order chi connectivity index (χ0) is 37.2. The summed E-state index contributed by atoms with van der Waals surface area (Å²) in [5.41, 5.74) is 2.50. The molecule has 1 unspecified atom stereocenters. The van der Waals surface area contributed by atoms with E-state index in [0.717, 1.165) is 12.8 Å². The lowest BCUT2D eigenvalue weighted by molar-refractivity contribution is -0.133. The number of imide groups is 1. The number of nitrogens with zero attached hydrogens (tertiary/aromatic N) is 4. The Kier molecular flexibility index (Phi) is 10.4.